The Morgan fingerprint density at radius 1 is 1.03 bits per heavy atom. The summed E-state index contributed by atoms with van der Waals surface area (Å²) in [5.74, 6) is 2.02. The van der Waals surface area contributed by atoms with Gasteiger partial charge < -0.3 is 14.8 Å². The van der Waals surface area contributed by atoms with Crippen molar-refractivity contribution in [2.75, 3.05) is 29.3 Å². The monoisotopic (exact) mass is 425 g/mol. The maximum absolute atomic E-state index is 13.0. The molecule has 0 bridgehead atoms. The van der Waals surface area contributed by atoms with Gasteiger partial charge in [0.25, 0.3) is 10.0 Å². The van der Waals surface area contributed by atoms with Crippen LogP contribution in [-0.2, 0) is 10.0 Å². The fourth-order valence-electron chi connectivity index (χ4n) is 3.23. The summed E-state index contributed by atoms with van der Waals surface area (Å²) in [6.07, 6.45) is 1.20. The fraction of sp³-hybridized carbons (Fsp3) is 0.227. The number of fused-ring (bicyclic) bond motifs is 1. The lowest BCUT2D eigenvalue weighted by Crippen LogP contribution is -2.35. The zero-order valence-electron chi connectivity index (χ0n) is 16.6. The Bertz CT molecular complexity index is 1090. The Labute approximate surface area is 176 Å². The van der Waals surface area contributed by atoms with Gasteiger partial charge in [-0.25, -0.2) is 13.4 Å². The minimum Gasteiger partial charge on any atom is -0.486 e. The van der Waals surface area contributed by atoms with E-state index in [2.05, 4.69) is 10.3 Å². The van der Waals surface area contributed by atoms with Gasteiger partial charge in [0.1, 0.15) is 23.4 Å². The van der Waals surface area contributed by atoms with E-state index in [4.69, 9.17) is 9.47 Å². The van der Waals surface area contributed by atoms with Gasteiger partial charge in [0.05, 0.1) is 12.2 Å². The number of sulfonamides is 1. The summed E-state index contributed by atoms with van der Waals surface area (Å²) in [6.45, 7) is 3.04. The number of para-hydroxylation sites is 3. The molecule has 2 aromatic carbocycles. The molecule has 4 rings (SSSR count). The van der Waals surface area contributed by atoms with E-state index in [1.54, 1.807) is 31.2 Å². The van der Waals surface area contributed by atoms with Gasteiger partial charge >= 0.3 is 0 Å². The highest BCUT2D eigenvalue weighted by Crippen LogP contribution is 2.31. The first-order chi connectivity index (χ1) is 14.6. The molecule has 8 heteroatoms. The van der Waals surface area contributed by atoms with Crippen molar-refractivity contribution < 1.29 is 17.9 Å². The molecule has 0 unspecified atom stereocenters. The Kier molecular flexibility index (Phi) is 5.76. The van der Waals surface area contributed by atoms with Crippen molar-refractivity contribution in [2.24, 2.45) is 0 Å². The van der Waals surface area contributed by atoms with E-state index in [0.29, 0.717) is 37.0 Å². The number of rotatable bonds is 7. The molecule has 0 radical (unpaired) electrons. The molecule has 156 valence electrons. The summed E-state index contributed by atoms with van der Waals surface area (Å²) < 4.78 is 39.0. The molecule has 1 aliphatic heterocycles. The number of hydrogen-bond acceptors (Lipinski definition) is 6. The molecule has 1 N–H and O–H groups in total. The number of nitrogens with zero attached hydrogens (tertiary/aromatic N) is 2. The van der Waals surface area contributed by atoms with Gasteiger partial charge in [-0.3, -0.25) is 4.31 Å². The first kappa shape index (κ1) is 20.0. The molecule has 1 aromatic heterocycles. The van der Waals surface area contributed by atoms with Gasteiger partial charge in [-0.15, -0.1) is 0 Å². The molecule has 7 nitrogen and oxygen atoms in total. The third kappa shape index (κ3) is 4.18. The zero-order valence-corrected chi connectivity index (χ0v) is 17.4. The van der Waals surface area contributed by atoms with Crippen LogP contribution in [0.4, 0.5) is 11.5 Å². The molecular weight excluding hydrogens is 402 g/mol. The summed E-state index contributed by atoms with van der Waals surface area (Å²) in [5.41, 5.74) is 0.622. The maximum Gasteiger partial charge on any atom is 0.265 e. The van der Waals surface area contributed by atoms with Crippen LogP contribution in [0.15, 0.2) is 77.8 Å². The summed E-state index contributed by atoms with van der Waals surface area (Å²) in [5, 5.41) is 3.17. The van der Waals surface area contributed by atoms with Gasteiger partial charge in [0.15, 0.2) is 11.5 Å². The van der Waals surface area contributed by atoms with Crippen LogP contribution < -0.4 is 19.1 Å². The normalized spacial score (nSPS) is 15.4. The van der Waals surface area contributed by atoms with Crippen LogP contribution in [0.2, 0.25) is 0 Å². The third-order valence-corrected chi connectivity index (χ3v) is 6.62. The van der Waals surface area contributed by atoms with Crippen molar-refractivity contribution in [1.29, 1.82) is 0 Å². The van der Waals surface area contributed by atoms with Crippen molar-refractivity contribution in [1.82, 2.24) is 4.98 Å². The van der Waals surface area contributed by atoms with Crippen molar-refractivity contribution in [3.05, 3.63) is 72.9 Å². The highest BCUT2D eigenvalue weighted by Gasteiger charge is 2.24. The van der Waals surface area contributed by atoms with Crippen LogP contribution in [0.25, 0.3) is 0 Å². The van der Waals surface area contributed by atoms with Gasteiger partial charge in [0.2, 0.25) is 0 Å². The lowest BCUT2D eigenvalue weighted by atomic mass is 10.2. The molecule has 30 heavy (non-hydrogen) atoms. The number of nitrogens with one attached hydrogen (secondary N) is 1. The number of ether oxygens (including phenoxy) is 2. The number of pyridine rings is 1. The predicted molar refractivity (Wildman–Crippen MR) is 116 cm³/mol. The average Bonchev–Trinajstić information content (AvgIpc) is 2.79. The molecular formula is C22H23N3O4S. The lowest BCUT2D eigenvalue weighted by Gasteiger charge is -2.26. The minimum atomic E-state index is -3.69. The molecule has 0 spiro atoms. The minimum absolute atomic E-state index is 0.143. The van der Waals surface area contributed by atoms with Crippen molar-refractivity contribution in [2.45, 2.75) is 17.9 Å². The van der Waals surface area contributed by atoms with E-state index >= 15 is 0 Å². The van der Waals surface area contributed by atoms with Crippen molar-refractivity contribution in [3.63, 3.8) is 0 Å². The molecule has 1 atom stereocenters. The number of hydrogen-bond donors (Lipinski definition) is 1. The predicted octanol–water partition coefficient (Wildman–Crippen LogP) is 3.55. The molecule has 2 heterocycles. The summed E-state index contributed by atoms with van der Waals surface area (Å²) in [7, 11) is -3.69. The van der Waals surface area contributed by atoms with Crippen LogP contribution in [-0.4, -0.2) is 39.2 Å². The van der Waals surface area contributed by atoms with Gasteiger partial charge in [-0.1, -0.05) is 30.3 Å². The second-order valence-electron chi connectivity index (χ2n) is 6.76. The molecule has 1 aliphatic rings. The molecule has 0 saturated heterocycles. The van der Waals surface area contributed by atoms with E-state index in [1.165, 1.54) is 10.5 Å². The number of aromatic nitrogens is 1. The van der Waals surface area contributed by atoms with Crippen molar-refractivity contribution >= 4 is 21.5 Å². The van der Waals surface area contributed by atoms with E-state index in [0.717, 1.165) is 5.75 Å². The van der Waals surface area contributed by atoms with E-state index in [1.807, 2.05) is 42.5 Å². The second kappa shape index (κ2) is 8.62. The maximum atomic E-state index is 13.0. The first-order valence-corrected chi connectivity index (χ1v) is 11.2. The molecule has 0 amide bonds. The third-order valence-electron chi connectivity index (χ3n) is 4.73. The SMILES string of the molecule is CCN(c1ccccc1)S(=O)(=O)c1ccc(NC[C@@H]2COc3ccccc3O2)nc1. The summed E-state index contributed by atoms with van der Waals surface area (Å²) in [6, 6.07) is 19.8. The van der Waals surface area contributed by atoms with E-state index in [-0.39, 0.29) is 11.0 Å². The summed E-state index contributed by atoms with van der Waals surface area (Å²) in [4.78, 5) is 4.41. The van der Waals surface area contributed by atoms with Crippen LogP contribution in [0.5, 0.6) is 11.5 Å². The van der Waals surface area contributed by atoms with Gasteiger partial charge in [-0.05, 0) is 43.3 Å². The Hall–Kier alpha value is -3.26. The topological polar surface area (TPSA) is 80.8 Å². The van der Waals surface area contributed by atoms with Gasteiger partial charge in [0, 0.05) is 12.7 Å². The van der Waals surface area contributed by atoms with Crippen LogP contribution in [0, 0.1) is 0 Å². The molecule has 0 aliphatic carbocycles. The largest absolute Gasteiger partial charge is 0.486 e. The Morgan fingerprint density at radius 3 is 2.47 bits per heavy atom. The van der Waals surface area contributed by atoms with E-state index < -0.39 is 10.0 Å². The smallest absolute Gasteiger partial charge is 0.265 e. The first-order valence-electron chi connectivity index (χ1n) is 9.74. The highest BCUT2D eigenvalue weighted by atomic mass is 32.2. The second-order valence-corrected chi connectivity index (χ2v) is 8.63. The van der Waals surface area contributed by atoms with E-state index in [9.17, 15) is 8.42 Å². The number of benzene rings is 2. The number of anilines is 2. The summed E-state index contributed by atoms with van der Waals surface area (Å²) >= 11 is 0. The van der Waals surface area contributed by atoms with Crippen LogP contribution >= 0.6 is 0 Å². The Morgan fingerprint density at radius 2 is 1.77 bits per heavy atom. The van der Waals surface area contributed by atoms with Crippen LogP contribution in [0.3, 0.4) is 0 Å². The molecule has 3 aromatic rings. The molecule has 0 saturated carbocycles. The lowest BCUT2D eigenvalue weighted by molar-refractivity contribution is 0.0997. The zero-order chi connectivity index (χ0) is 21.0. The molecule has 0 fully saturated rings. The average molecular weight is 426 g/mol. The Balaban J connectivity index is 1.41. The standard InChI is InChI=1S/C22H23N3O4S/c1-2-25(17-8-4-3-5-9-17)30(26,27)19-12-13-22(24-15-19)23-14-18-16-28-20-10-6-7-11-21(20)29-18/h3-13,15,18H,2,14,16H2,1H3,(H,23,24)/t18-/m1/s1. The fourth-order valence-corrected chi connectivity index (χ4v) is 4.65. The quantitative estimate of drug-likeness (QED) is 0.624. The highest BCUT2D eigenvalue weighted by molar-refractivity contribution is 7.92. The van der Waals surface area contributed by atoms with Crippen LogP contribution in [0.1, 0.15) is 6.92 Å². The van der Waals surface area contributed by atoms with Gasteiger partial charge in [-0.2, -0.15) is 0 Å². The van der Waals surface area contributed by atoms with Crippen molar-refractivity contribution in [3.8, 4) is 11.5 Å².